The number of nitrogens with zero attached hydrogens (tertiary/aromatic N) is 5. The SMILES string of the molecule is O=c1c2cnn(-c3ccccc3)c2ncn1/N=C/c1ccc2ccccc2c1. The van der Waals surface area contributed by atoms with Crippen LogP contribution in [0.3, 0.4) is 0 Å². The smallest absolute Gasteiger partial charge is 0.266 e. The molecule has 0 saturated heterocycles. The Morgan fingerprint density at radius 1 is 0.893 bits per heavy atom. The highest BCUT2D eigenvalue weighted by Gasteiger charge is 2.10. The highest BCUT2D eigenvalue weighted by molar-refractivity contribution is 5.90. The number of hydrogen-bond acceptors (Lipinski definition) is 4. The first kappa shape index (κ1) is 16.1. The molecule has 5 rings (SSSR count). The summed E-state index contributed by atoms with van der Waals surface area (Å²) >= 11 is 0. The molecule has 0 aliphatic heterocycles. The molecule has 0 amide bonds. The summed E-state index contributed by atoms with van der Waals surface area (Å²) in [7, 11) is 0. The van der Waals surface area contributed by atoms with Gasteiger partial charge in [0.2, 0.25) is 0 Å². The zero-order chi connectivity index (χ0) is 18.9. The highest BCUT2D eigenvalue weighted by Crippen LogP contribution is 2.15. The second-order valence-electron chi connectivity index (χ2n) is 6.37. The maximum absolute atomic E-state index is 12.8. The van der Waals surface area contributed by atoms with Crippen LogP contribution in [0.15, 0.2) is 95.2 Å². The van der Waals surface area contributed by atoms with Crippen molar-refractivity contribution >= 4 is 28.0 Å². The molecule has 0 saturated carbocycles. The van der Waals surface area contributed by atoms with Gasteiger partial charge in [-0.25, -0.2) is 9.67 Å². The van der Waals surface area contributed by atoms with Gasteiger partial charge in [0.05, 0.1) is 18.1 Å². The highest BCUT2D eigenvalue weighted by atomic mass is 16.1. The third kappa shape index (κ3) is 2.77. The maximum Gasteiger partial charge on any atom is 0.285 e. The molecule has 0 radical (unpaired) electrons. The molecule has 2 heterocycles. The molecule has 3 aromatic carbocycles. The van der Waals surface area contributed by atoms with Gasteiger partial charge < -0.3 is 0 Å². The number of fused-ring (bicyclic) bond motifs is 2. The molecule has 0 unspecified atom stereocenters. The third-order valence-corrected chi connectivity index (χ3v) is 4.58. The van der Waals surface area contributed by atoms with Crippen molar-refractivity contribution in [2.24, 2.45) is 5.10 Å². The first-order valence-electron chi connectivity index (χ1n) is 8.83. The van der Waals surface area contributed by atoms with E-state index in [2.05, 4.69) is 21.3 Å². The molecular weight excluding hydrogens is 350 g/mol. The molecule has 28 heavy (non-hydrogen) atoms. The maximum atomic E-state index is 12.8. The van der Waals surface area contributed by atoms with Crippen LogP contribution in [0.4, 0.5) is 0 Å². The van der Waals surface area contributed by atoms with Gasteiger partial charge in [-0.1, -0.05) is 54.6 Å². The zero-order valence-corrected chi connectivity index (χ0v) is 14.8. The Morgan fingerprint density at radius 2 is 1.68 bits per heavy atom. The molecule has 0 aliphatic carbocycles. The van der Waals surface area contributed by atoms with Gasteiger partial charge in [0.15, 0.2) is 5.65 Å². The van der Waals surface area contributed by atoms with Crippen molar-refractivity contribution in [3.8, 4) is 5.69 Å². The molecule has 5 aromatic rings. The topological polar surface area (TPSA) is 65.1 Å². The van der Waals surface area contributed by atoms with E-state index in [4.69, 9.17) is 0 Å². The van der Waals surface area contributed by atoms with E-state index in [-0.39, 0.29) is 5.56 Å². The quantitative estimate of drug-likeness (QED) is 0.459. The summed E-state index contributed by atoms with van der Waals surface area (Å²) in [4.78, 5) is 17.2. The fourth-order valence-electron chi connectivity index (χ4n) is 3.16. The Bertz CT molecular complexity index is 1380. The minimum atomic E-state index is -0.260. The van der Waals surface area contributed by atoms with Gasteiger partial charge in [-0.2, -0.15) is 14.9 Å². The van der Waals surface area contributed by atoms with Crippen molar-refractivity contribution in [1.82, 2.24) is 19.4 Å². The molecule has 6 nitrogen and oxygen atoms in total. The summed E-state index contributed by atoms with van der Waals surface area (Å²) in [6.45, 7) is 0. The number of aromatic nitrogens is 4. The summed E-state index contributed by atoms with van der Waals surface area (Å²) in [5.41, 5.74) is 2.00. The third-order valence-electron chi connectivity index (χ3n) is 4.58. The summed E-state index contributed by atoms with van der Waals surface area (Å²) in [5, 5.41) is 11.3. The van der Waals surface area contributed by atoms with E-state index in [9.17, 15) is 4.79 Å². The van der Waals surface area contributed by atoms with E-state index >= 15 is 0 Å². The van der Waals surface area contributed by atoms with E-state index in [0.29, 0.717) is 11.0 Å². The Labute approximate surface area is 160 Å². The van der Waals surface area contributed by atoms with Gasteiger partial charge in [0, 0.05) is 0 Å². The zero-order valence-electron chi connectivity index (χ0n) is 14.8. The van der Waals surface area contributed by atoms with E-state index in [1.807, 2.05) is 66.7 Å². The lowest BCUT2D eigenvalue weighted by Crippen LogP contribution is -2.17. The van der Waals surface area contributed by atoms with Crippen molar-refractivity contribution in [2.75, 3.05) is 0 Å². The van der Waals surface area contributed by atoms with E-state index in [1.54, 1.807) is 10.9 Å². The van der Waals surface area contributed by atoms with Gasteiger partial charge in [0.1, 0.15) is 11.7 Å². The Morgan fingerprint density at radius 3 is 2.54 bits per heavy atom. The van der Waals surface area contributed by atoms with Crippen LogP contribution >= 0.6 is 0 Å². The van der Waals surface area contributed by atoms with Crippen LogP contribution in [0.5, 0.6) is 0 Å². The van der Waals surface area contributed by atoms with E-state index in [1.165, 1.54) is 17.2 Å². The van der Waals surface area contributed by atoms with Gasteiger partial charge in [-0.05, 0) is 34.5 Å². The minimum Gasteiger partial charge on any atom is -0.266 e. The number of benzene rings is 3. The van der Waals surface area contributed by atoms with Gasteiger partial charge in [-0.15, -0.1) is 0 Å². The predicted octanol–water partition coefficient (Wildman–Crippen LogP) is 3.62. The Balaban J connectivity index is 1.53. The lowest BCUT2D eigenvalue weighted by Gasteiger charge is -2.03. The molecular formula is C22H15N5O. The van der Waals surface area contributed by atoms with Crippen LogP contribution < -0.4 is 5.56 Å². The van der Waals surface area contributed by atoms with Crippen LogP contribution in [0, 0.1) is 0 Å². The van der Waals surface area contributed by atoms with E-state index < -0.39 is 0 Å². The Hall–Kier alpha value is -4.06. The van der Waals surface area contributed by atoms with Crippen LogP contribution in [-0.2, 0) is 0 Å². The molecule has 6 heteroatoms. The first-order chi connectivity index (χ1) is 13.8. The average Bonchev–Trinajstić information content (AvgIpc) is 3.19. The van der Waals surface area contributed by atoms with Crippen molar-refractivity contribution in [3.05, 3.63) is 101 Å². The summed E-state index contributed by atoms with van der Waals surface area (Å²) in [6, 6.07) is 23.7. The summed E-state index contributed by atoms with van der Waals surface area (Å²) in [6.07, 6.45) is 4.60. The number of rotatable bonds is 3. The predicted molar refractivity (Wildman–Crippen MR) is 110 cm³/mol. The molecule has 0 aliphatic rings. The number of para-hydroxylation sites is 1. The first-order valence-corrected chi connectivity index (χ1v) is 8.83. The van der Waals surface area contributed by atoms with Gasteiger partial charge in [-0.3, -0.25) is 4.79 Å². The summed E-state index contributed by atoms with van der Waals surface area (Å²) in [5.74, 6) is 0. The van der Waals surface area contributed by atoms with Gasteiger partial charge >= 0.3 is 0 Å². The van der Waals surface area contributed by atoms with Gasteiger partial charge in [0.25, 0.3) is 5.56 Å². The molecule has 0 spiro atoms. The lowest BCUT2D eigenvalue weighted by atomic mass is 10.1. The van der Waals surface area contributed by atoms with Crippen molar-refractivity contribution in [1.29, 1.82) is 0 Å². The van der Waals surface area contributed by atoms with Crippen molar-refractivity contribution in [3.63, 3.8) is 0 Å². The molecule has 134 valence electrons. The van der Waals surface area contributed by atoms with Crippen molar-refractivity contribution in [2.45, 2.75) is 0 Å². The fraction of sp³-hybridized carbons (Fsp3) is 0. The molecule has 0 fully saturated rings. The summed E-state index contributed by atoms with van der Waals surface area (Å²) < 4.78 is 2.88. The van der Waals surface area contributed by atoms with E-state index in [0.717, 1.165) is 22.0 Å². The fourth-order valence-corrected chi connectivity index (χ4v) is 3.16. The molecule has 0 bridgehead atoms. The second kappa shape index (κ2) is 6.59. The Kier molecular flexibility index (Phi) is 3.80. The second-order valence-corrected chi connectivity index (χ2v) is 6.37. The largest absolute Gasteiger partial charge is 0.285 e. The number of hydrogen-bond donors (Lipinski definition) is 0. The normalized spacial score (nSPS) is 11.6. The standard InChI is InChI=1S/C22H15N5O/c28-22-20-14-25-27(19-8-2-1-3-9-19)21(20)23-15-26(22)24-13-16-10-11-17-6-4-5-7-18(17)12-16/h1-15H/b24-13+. The monoisotopic (exact) mass is 365 g/mol. The van der Waals surface area contributed by atoms with Crippen LogP contribution in [0.25, 0.3) is 27.5 Å². The van der Waals surface area contributed by atoms with Crippen LogP contribution in [0.1, 0.15) is 5.56 Å². The lowest BCUT2D eigenvalue weighted by molar-refractivity contribution is 0.809. The van der Waals surface area contributed by atoms with Crippen LogP contribution in [0.2, 0.25) is 0 Å². The average molecular weight is 365 g/mol. The van der Waals surface area contributed by atoms with Crippen LogP contribution in [-0.4, -0.2) is 25.7 Å². The minimum absolute atomic E-state index is 0.260. The molecule has 0 N–H and O–H groups in total. The molecule has 2 aromatic heterocycles. The molecule has 0 atom stereocenters. The van der Waals surface area contributed by atoms with Crippen molar-refractivity contribution < 1.29 is 0 Å².